The second kappa shape index (κ2) is 8.43. The van der Waals surface area contributed by atoms with Crippen molar-refractivity contribution in [3.8, 4) is 5.75 Å². The molecular weight excluding hydrogens is 358 g/mol. The summed E-state index contributed by atoms with van der Waals surface area (Å²) in [6.07, 6.45) is 1.75. The van der Waals surface area contributed by atoms with Crippen molar-refractivity contribution in [3.63, 3.8) is 0 Å². The van der Waals surface area contributed by atoms with E-state index < -0.39 is 14.9 Å². The van der Waals surface area contributed by atoms with E-state index in [-0.39, 0.29) is 10.6 Å². The van der Waals surface area contributed by atoms with Gasteiger partial charge in [0.25, 0.3) is 15.7 Å². The third-order valence-electron chi connectivity index (χ3n) is 3.52. The topological polar surface area (TPSA) is 111 Å². The molecule has 0 bridgehead atoms. The highest BCUT2D eigenvalue weighted by Crippen LogP contribution is 2.20. The summed E-state index contributed by atoms with van der Waals surface area (Å²) in [6, 6.07) is 10.5. The molecular formula is C17H19N3O5S. The molecule has 0 saturated carbocycles. The SMILES string of the molecule is CCOc1ccc(S(=O)(=O)N/N=C\c2ccc(CC)c([N+](=O)[O-])c2)cc1. The zero-order valence-corrected chi connectivity index (χ0v) is 15.2. The van der Waals surface area contributed by atoms with Gasteiger partial charge in [-0.3, -0.25) is 10.1 Å². The van der Waals surface area contributed by atoms with Gasteiger partial charge in [-0.25, -0.2) is 4.83 Å². The molecule has 2 rings (SSSR count). The molecule has 1 N–H and O–H groups in total. The molecule has 0 aliphatic heterocycles. The van der Waals surface area contributed by atoms with E-state index in [2.05, 4.69) is 9.93 Å². The molecule has 2 aromatic carbocycles. The standard InChI is InChI=1S/C17H19N3O5S/c1-3-14-6-5-13(11-17(14)20(21)22)12-18-19-26(23,24)16-9-7-15(8-10-16)25-4-2/h5-12,19H,3-4H2,1-2H3/b18-12-. The Balaban J connectivity index is 2.13. The Kier molecular flexibility index (Phi) is 6.29. The molecule has 9 heteroatoms. The van der Waals surface area contributed by atoms with Gasteiger partial charge in [-0.15, -0.1) is 0 Å². The molecule has 0 aromatic heterocycles. The van der Waals surface area contributed by atoms with Gasteiger partial charge in [-0.05, 0) is 37.6 Å². The zero-order chi connectivity index (χ0) is 19.2. The number of benzene rings is 2. The number of nitro benzene ring substituents is 1. The first-order valence-electron chi connectivity index (χ1n) is 7.92. The zero-order valence-electron chi connectivity index (χ0n) is 14.4. The third kappa shape index (κ3) is 4.79. The van der Waals surface area contributed by atoms with Gasteiger partial charge in [0, 0.05) is 17.2 Å². The Morgan fingerprint density at radius 1 is 1.19 bits per heavy atom. The molecule has 0 fully saturated rings. The minimum absolute atomic E-state index is 0.0224. The summed E-state index contributed by atoms with van der Waals surface area (Å²) in [7, 11) is -3.84. The highest BCUT2D eigenvalue weighted by Gasteiger charge is 2.14. The van der Waals surface area contributed by atoms with E-state index in [9.17, 15) is 18.5 Å². The summed E-state index contributed by atoms with van der Waals surface area (Å²) in [4.78, 5) is 12.7. The maximum atomic E-state index is 12.2. The van der Waals surface area contributed by atoms with Gasteiger partial charge in [-0.1, -0.05) is 19.1 Å². The van der Waals surface area contributed by atoms with Gasteiger partial charge < -0.3 is 4.74 Å². The van der Waals surface area contributed by atoms with Gasteiger partial charge >= 0.3 is 0 Å². The molecule has 0 radical (unpaired) electrons. The summed E-state index contributed by atoms with van der Waals surface area (Å²) < 4.78 is 29.6. The fourth-order valence-corrected chi connectivity index (χ4v) is 3.03. The number of hydrogen-bond donors (Lipinski definition) is 1. The van der Waals surface area contributed by atoms with E-state index in [0.29, 0.717) is 29.9 Å². The summed E-state index contributed by atoms with van der Waals surface area (Å²) in [5.74, 6) is 0.568. The highest BCUT2D eigenvalue weighted by atomic mass is 32.2. The Hall–Kier alpha value is -2.94. The van der Waals surface area contributed by atoms with E-state index >= 15 is 0 Å². The van der Waals surface area contributed by atoms with Crippen LogP contribution in [0.15, 0.2) is 52.5 Å². The molecule has 138 valence electrons. The molecule has 0 aliphatic rings. The Morgan fingerprint density at radius 2 is 1.88 bits per heavy atom. The average Bonchev–Trinajstić information content (AvgIpc) is 2.62. The number of rotatable bonds is 8. The van der Waals surface area contributed by atoms with Crippen LogP contribution in [0.5, 0.6) is 5.75 Å². The largest absolute Gasteiger partial charge is 0.494 e. The molecule has 0 amide bonds. The molecule has 26 heavy (non-hydrogen) atoms. The first-order chi connectivity index (χ1) is 12.4. The smallest absolute Gasteiger partial charge is 0.276 e. The molecule has 0 aliphatic carbocycles. The fourth-order valence-electron chi connectivity index (χ4n) is 2.23. The van der Waals surface area contributed by atoms with Crippen LogP contribution < -0.4 is 9.57 Å². The molecule has 0 heterocycles. The van der Waals surface area contributed by atoms with Crippen molar-refractivity contribution in [1.29, 1.82) is 0 Å². The van der Waals surface area contributed by atoms with Crippen molar-refractivity contribution in [3.05, 3.63) is 63.7 Å². The lowest BCUT2D eigenvalue weighted by Crippen LogP contribution is -2.18. The minimum atomic E-state index is -3.84. The lowest BCUT2D eigenvalue weighted by atomic mass is 10.1. The Labute approximate surface area is 151 Å². The average molecular weight is 377 g/mol. The van der Waals surface area contributed by atoms with Crippen LogP contribution in [0.4, 0.5) is 5.69 Å². The van der Waals surface area contributed by atoms with Crippen LogP contribution >= 0.6 is 0 Å². The quantitative estimate of drug-likeness (QED) is 0.432. The Morgan fingerprint density at radius 3 is 2.46 bits per heavy atom. The molecule has 8 nitrogen and oxygen atoms in total. The number of sulfonamides is 1. The maximum absolute atomic E-state index is 12.2. The van der Waals surface area contributed by atoms with Crippen LogP contribution in [0.2, 0.25) is 0 Å². The number of ether oxygens (including phenoxy) is 1. The van der Waals surface area contributed by atoms with Gasteiger partial charge in [0.15, 0.2) is 0 Å². The van der Waals surface area contributed by atoms with Gasteiger partial charge in [0.2, 0.25) is 0 Å². The molecule has 0 atom stereocenters. The van der Waals surface area contributed by atoms with Crippen LogP contribution in [0, 0.1) is 10.1 Å². The summed E-state index contributed by atoms with van der Waals surface area (Å²) in [5.41, 5.74) is 0.997. The lowest BCUT2D eigenvalue weighted by Gasteiger charge is -2.06. The minimum Gasteiger partial charge on any atom is -0.494 e. The van der Waals surface area contributed by atoms with E-state index in [4.69, 9.17) is 4.74 Å². The van der Waals surface area contributed by atoms with Crippen molar-refractivity contribution >= 4 is 21.9 Å². The van der Waals surface area contributed by atoms with Crippen LogP contribution in [-0.2, 0) is 16.4 Å². The van der Waals surface area contributed by atoms with Gasteiger partial charge in [-0.2, -0.15) is 13.5 Å². The van der Waals surface area contributed by atoms with Crippen LogP contribution in [0.25, 0.3) is 0 Å². The maximum Gasteiger partial charge on any atom is 0.276 e. The number of aryl methyl sites for hydroxylation is 1. The molecule has 0 unspecified atom stereocenters. The lowest BCUT2D eigenvalue weighted by molar-refractivity contribution is -0.385. The van der Waals surface area contributed by atoms with Crippen molar-refractivity contribution < 1.29 is 18.1 Å². The van der Waals surface area contributed by atoms with Crippen LogP contribution in [-0.4, -0.2) is 26.2 Å². The summed E-state index contributed by atoms with van der Waals surface area (Å²) in [6.45, 7) is 4.14. The van der Waals surface area contributed by atoms with E-state index in [1.165, 1.54) is 24.4 Å². The highest BCUT2D eigenvalue weighted by molar-refractivity contribution is 7.89. The predicted octanol–water partition coefficient (Wildman–Crippen LogP) is 2.87. The number of hydrogen-bond acceptors (Lipinski definition) is 6. The Bertz CT molecular complexity index is 908. The van der Waals surface area contributed by atoms with Crippen molar-refractivity contribution in [2.75, 3.05) is 6.61 Å². The predicted molar refractivity (Wildman–Crippen MR) is 98.0 cm³/mol. The second-order valence-corrected chi connectivity index (χ2v) is 6.92. The van der Waals surface area contributed by atoms with Crippen LogP contribution in [0.3, 0.4) is 0 Å². The molecule has 0 spiro atoms. The fraction of sp³-hybridized carbons (Fsp3) is 0.235. The molecule has 2 aromatic rings. The normalized spacial score (nSPS) is 11.5. The van der Waals surface area contributed by atoms with Crippen molar-refractivity contribution in [2.45, 2.75) is 25.2 Å². The number of nitrogens with one attached hydrogen (secondary N) is 1. The first kappa shape index (κ1) is 19.4. The molecule has 0 saturated heterocycles. The van der Waals surface area contributed by atoms with Crippen molar-refractivity contribution in [1.82, 2.24) is 4.83 Å². The van der Waals surface area contributed by atoms with E-state index in [1.807, 2.05) is 13.8 Å². The number of nitrogens with zero attached hydrogens (tertiary/aromatic N) is 2. The monoisotopic (exact) mass is 377 g/mol. The second-order valence-electron chi connectivity index (χ2n) is 5.26. The van der Waals surface area contributed by atoms with Crippen molar-refractivity contribution in [2.24, 2.45) is 5.10 Å². The van der Waals surface area contributed by atoms with E-state index in [1.54, 1.807) is 24.3 Å². The van der Waals surface area contributed by atoms with Crippen LogP contribution in [0.1, 0.15) is 25.0 Å². The van der Waals surface area contributed by atoms with Gasteiger partial charge in [0.1, 0.15) is 5.75 Å². The third-order valence-corrected chi connectivity index (χ3v) is 4.76. The van der Waals surface area contributed by atoms with Gasteiger partial charge in [0.05, 0.1) is 22.6 Å². The summed E-state index contributed by atoms with van der Waals surface area (Å²) >= 11 is 0. The van der Waals surface area contributed by atoms with E-state index in [0.717, 1.165) is 0 Å². The number of nitro groups is 1. The number of hydrazone groups is 1. The first-order valence-corrected chi connectivity index (χ1v) is 9.40. The summed E-state index contributed by atoms with van der Waals surface area (Å²) in [5, 5.41) is 14.8.